The molecule has 8 nitrogen and oxygen atoms in total. The number of halogens is 1. The molecule has 10 heteroatoms. The Kier molecular flexibility index (Phi) is 5.90. The highest BCUT2D eigenvalue weighted by Crippen LogP contribution is 2.46. The molecule has 0 fully saturated rings. The molecule has 28 heavy (non-hydrogen) atoms. The Morgan fingerprint density at radius 3 is 2.75 bits per heavy atom. The number of rotatable bonds is 7. The highest BCUT2D eigenvalue weighted by molar-refractivity contribution is 9.09. The van der Waals surface area contributed by atoms with E-state index in [2.05, 4.69) is 25.6 Å². The molecule has 2 aromatic heterocycles. The molecule has 0 saturated carbocycles. The zero-order chi connectivity index (χ0) is 20.3. The van der Waals surface area contributed by atoms with Crippen molar-refractivity contribution in [3.05, 3.63) is 36.4 Å². The number of pyridine rings is 1. The van der Waals surface area contributed by atoms with E-state index in [9.17, 15) is 18.3 Å². The zero-order valence-electron chi connectivity index (χ0n) is 14.8. The fraction of sp³-hybridized carbons (Fsp3) is 0.222. The standard InChI is InChI=1S/C18H17BrN2O6S/c1-11(22)26-17-15(23)16(27-18(17)21-28(24,25)10-4-9-19)14-8-7-12-5-2-3-6-13(12)20-14/h2-3,5-8,21,23H,4,9-10H2,1H3. The van der Waals surface area contributed by atoms with Crippen molar-refractivity contribution in [2.45, 2.75) is 13.3 Å². The quantitative estimate of drug-likeness (QED) is 0.401. The van der Waals surface area contributed by atoms with Crippen molar-refractivity contribution in [3.8, 4) is 23.0 Å². The number of sulfonamides is 1. The van der Waals surface area contributed by atoms with Gasteiger partial charge in [0.25, 0.3) is 5.88 Å². The average Bonchev–Trinajstić information content (AvgIpc) is 2.94. The molecule has 0 spiro atoms. The summed E-state index contributed by atoms with van der Waals surface area (Å²) in [6, 6.07) is 10.7. The highest BCUT2D eigenvalue weighted by Gasteiger charge is 2.27. The second-order valence-corrected chi connectivity index (χ2v) is 8.52. The van der Waals surface area contributed by atoms with Crippen LogP contribution in [0.2, 0.25) is 0 Å². The monoisotopic (exact) mass is 468 g/mol. The van der Waals surface area contributed by atoms with Crippen LogP contribution in [0.5, 0.6) is 11.5 Å². The first-order valence-corrected chi connectivity index (χ1v) is 11.0. The van der Waals surface area contributed by atoms with Gasteiger partial charge in [-0.3, -0.25) is 4.79 Å². The van der Waals surface area contributed by atoms with Crippen LogP contribution < -0.4 is 9.46 Å². The minimum absolute atomic E-state index is 0.111. The van der Waals surface area contributed by atoms with Gasteiger partial charge in [-0.05, 0) is 18.6 Å². The summed E-state index contributed by atoms with van der Waals surface area (Å²) in [7, 11) is -3.77. The number of para-hydroxylation sites is 1. The van der Waals surface area contributed by atoms with Crippen molar-refractivity contribution in [2.75, 3.05) is 15.8 Å². The van der Waals surface area contributed by atoms with E-state index >= 15 is 0 Å². The molecule has 3 rings (SSSR count). The van der Waals surface area contributed by atoms with Crippen LogP contribution in [0.25, 0.3) is 22.4 Å². The summed E-state index contributed by atoms with van der Waals surface area (Å²) < 4.78 is 37.1. The largest absolute Gasteiger partial charge is 0.501 e. The lowest BCUT2D eigenvalue weighted by molar-refractivity contribution is -0.131. The van der Waals surface area contributed by atoms with E-state index < -0.39 is 27.5 Å². The van der Waals surface area contributed by atoms with Crippen molar-refractivity contribution in [2.24, 2.45) is 0 Å². The average molecular weight is 469 g/mol. The summed E-state index contributed by atoms with van der Waals surface area (Å²) in [4.78, 5) is 15.8. The number of benzene rings is 1. The lowest BCUT2D eigenvalue weighted by atomic mass is 10.2. The van der Waals surface area contributed by atoms with Gasteiger partial charge < -0.3 is 14.3 Å². The second-order valence-electron chi connectivity index (χ2n) is 5.88. The van der Waals surface area contributed by atoms with Crippen molar-refractivity contribution in [1.29, 1.82) is 0 Å². The molecule has 0 saturated heterocycles. The lowest BCUT2D eigenvalue weighted by Crippen LogP contribution is -2.17. The molecule has 0 bridgehead atoms. The van der Waals surface area contributed by atoms with E-state index in [1.807, 2.05) is 18.2 Å². The second kappa shape index (κ2) is 8.19. The fourth-order valence-electron chi connectivity index (χ4n) is 2.52. The minimum atomic E-state index is -3.77. The predicted octanol–water partition coefficient (Wildman–Crippen LogP) is 3.65. The van der Waals surface area contributed by atoms with Gasteiger partial charge in [0.15, 0.2) is 0 Å². The van der Waals surface area contributed by atoms with Crippen LogP contribution in [-0.4, -0.2) is 35.6 Å². The normalized spacial score (nSPS) is 11.5. The number of furan rings is 1. The molecule has 3 aromatic rings. The van der Waals surface area contributed by atoms with Gasteiger partial charge >= 0.3 is 5.97 Å². The van der Waals surface area contributed by atoms with Gasteiger partial charge in [-0.2, -0.15) is 0 Å². The summed E-state index contributed by atoms with van der Waals surface area (Å²) in [5, 5.41) is 11.9. The minimum Gasteiger partial charge on any atom is -0.501 e. The Hall–Kier alpha value is -2.59. The van der Waals surface area contributed by atoms with Gasteiger partial charge in [-0.1, -0.05) is 40.2 Å². The summed E-state index contributed by atoms with van der Waals surface area (Å²) in [5.74, 6) is -2.33. The number of esters is 1. The van der Waals surface area contributed by atoms with Crippen LogP contribution >= 0.6 is 15.9 Å². The van der Waals surface area contributed by atoms with Gasteiger partial charge in [-0.25, -0.2) is 18.1 Å². The van der Waals surface area contributed by atoms with E-state index in [0.717, 1.165) is 12.3 Å². The van der Waals surface area contributed by atoms with Gasteiger partial charge in [0.1, 0.15) is 5.69 Å². The van der Waals surface area contributed by atoms with Crippen molar-refractivity contribution >= 4 is 48.7 Å². The van der Waals surface area contributed by atoms with Crippen LogP contribution in [0.4, 0.5) is 5.88 Å². The first-order chi connectivity index (χ1) is 13.3. The molecule has 1 aromatic carbocycles. The number of fused-ring (bicyclic) bond motifs is 1. The number of anilines is 1. The van der Waals surface area contributed by atoms with Crippen LogP contribution in [0.1, 0.15) is 13.3 Å². The fourth-order valence-corrected chi connectivity index (χ4v) is 4.21. The molecule has 0 aliphatic rings. The highest BCUT2D eigenvalue weighted by atomic mass is 79.9. The Bertz CT molecular complexity index is 1130. The topological polar surface area (TPSA) is 119 Å². The number of hydrogen-bond donors (Lipinski definition) is 2. The molecule has 0 atom stereocenters. The smallest absolute Gasteiger partial charge is 0.308 e. The van der Waals surface area contributed by atoms with E-state index in [4.69, 9.17) is 9.15 Å². The predicted molar refractivity (Wildman–Crippen MR) is 108 cm³/mol. The Morgan fingerprint density at radius 2 is 2.04 bits per heavy atom. The van der Waals surface area contributed by atoms with E-state index in [0.29, 0.717) is 17.3 Å². The van der Waals surface area contributed by atoms with Gasteiger partial charge in [0, 0.05) is 17.6 Å². The summed E-state index contributed by atoms with van der Waals surface area (Å²) in [6.45, 7) is 1.13. The van der Waals surface area contributed by atoms with Crippen molar-refractivity contribution in [3.63, 3.8) is 0 Å². The maximum Gasteiger partial charge on any atom is 0.308 e. The number of carbonyl (C=O) groups excluding carboxylic acids is 1. The van der Waals surface area contributed by atoms with E-state index in [1.54, 1.807) is 18.2 Å². The number of ether oxygens (including phenoxy) is 1. The van der Waals surface area contributed by atoms with Crippen molar-refractivity contribution in [1.82, 2.24) is 4.98 Å². The summed E-state index contributed by atoms with van der Waals surface area (Å²) >= 11 is 3.17. The first kappa shape index (κ1) is 20.2. The number of aromatic hydroxyl groups is 1. The van der Waals surface area contributed by atoms with Crippen molar-refractivity contribution < 1.29 is 27.5 Å². The molecular formula is C18H17BrN2O6S. The van der Waals surface area contributed by atoms with Crippen LogP contribution in [-0.2, 0) is 14.8 Å². The molecule has 2 N–H and O–H groups in total. The molecule has 0 amide bonds. The molecular weight excluding hydrogens is 452 g/mol. The van der Waals surface area contributed by atoms with E-state index in [-0.39, 0.29) is 23.1 Å². The van der Waals surface area contributed by atoms with Crippen LogP contribution in [0, 0.1) is 0 Å². The third-order valence-corrected chi connectivity index (χ3v) is 5.60. The number of carbonyl (C=O) groups is 1. The Morgan fingerprint density at radius 1 is 1.29 bits per heavy atom. The molecule has 0 aliphatic carbocycles. The Balaban J connectivity index is 2.06. The maximum atomic E-state index is 12.2. The maximum absolute atomic E-state index is 12.2. The summed E-state index contributed by atoms with van der Waals surface area (Å²) in [6.07, 6.45) is 0.365. The third kappa shape index (κ3) is 4.45. The number of alkyl halides is 1. The van der Waals surface area contributed by atoms with Gasteiger partial charge in [-0.15, -0.1) is 0 Å². The number of nitrogens with one attached hydrogen (secondary N) is 1. The SMILES string of the molecule is CC(=O)Oc1c(NS(=O)(=O)CCCBr)oc(-c2ccc3ccccc3n2)c1O. The molecule has 0 unspecified atom stereocenters. The number of nitrogens with zero attached hydrogens (tertiary/aromatic N) is 1. The molecule has 2 heterocycles. The summed E-state index contributed by atoms with van der Waals surface area (Å²) in [5.41, 5.74) is 0.916. The number of aromatic nitrogens is 1. The molecule has 0 radical (unpaired) electrons. The van der Waals surface area contributed by atoms with Gasteiger partial charge in [0.2, 0.25) is 27.3 Å². The van der Waals surface area contributed by atoms with Crippen LogP contribution in [0.15, 0.2) is 40.8 Å². The third-order valence-electron chi connectivity index (χ3n) is 3.71. The number of hydrogen-bond acceptors (Lipinski definition) is 7. The zero-order valence-corrected chi connectivity index (χ0v) is 17.2. The van der Waals surface area contributed by atoms with Crippen LogP contribution in [0.3, 0.4) is 0 Å². The van der Waals surface area contributed by atoms with Gasteiger partial charge in [0.05, 0.1) is 11.3 Å². The molecule has 148 valence electrons. The first-order valence-electron chi connectivity index (χ1n) is 8.27. The Labute approximate surface area is 169 Å². The van der Waals surface area contributed by atoms with E-state index in [1.165, 1.54) is 0 Å². The molecule has 0 aliphatic heterocycles. The lowest BCUT2D eigenvalue weighted by Gasteiger charge is -2.06.